The van der Waals surface area contributed by atoms with E-state index in [1.165, 1.54) is 17.2 Å². The third kappa shape index (κ3) is 2.93. The smallest absolute Gasteiger partial charge is 0.239 e. The number of imide groups is 1. The molecule has 2 amide bonds. The molecule has 2 saturated carbocycles. The first kappa shape index (κ1) is 19.9. The maximum atomic E-state index is 13.1. The van der Waals surface area contributed by atoms with Crippen molar-refractivity contribution in [1.82, 2.24) is 4.98 Å². The lowest BCUT2D eigenvalue weighted by Crippen LogP contribution is -2.40. The number of carbonyl (C=O) groups is 3. The molecule has 1 aliphatic heterocycles. The van der Waals surface area contributed by atoms with E-state index in [1.807, 2.05) is 0 Å². The lowest BCUT2D eigenvalue weighted by atomic mass is 9.63. The van der Waals surface area contributed by atoms with Gasteiger partial charge in [0.2, 0.25) is 11.8 Å². The summed E-state index contributed by atoms with van der Waals surface area (Å²) in [6.07, 6.45) is 6.83. The average Bonchev–Trinajstić information content (AvgIpc) is 3.58. The van der Waals surface area contributed by atoms with Crippen molar-refractivity contribution in [2.75, 3.05) is 11.5 Å². The van der Waals surface area contributed by atoms with Gasteiger partial charge in [-0.15, -0.1) is 0 Å². The highest BCUT2D eigenvalue weighted by molar-refractivity contribution is 6.42. The minimum Gasteiger partial charge on any atom is -0.484 e. The molecule has 7 rings (SSSR count). The maximum absolute atomic E-state index is 13.1. The van der Waals surface area contributed by atoms with Crippen LogP contribution in [0.15, 0.2) is 48.7 Å². The van der Waals surface area contributed by atoms with E-state index in [0.29, 0.717) is 39.0 Å². The highest BCUT2D eigenvalue weighted by Gasteiger charge is 2.67. The van der Waals surface area contributed by atoms with Crippen LogP contribution in [0.2, 0.25) is 10.0 Å². The van der Waals surface area contributed by atoms with Gasteiger partial charge in [0.15, 0.2) is 12.4 Å². The zero-order valence-electron chi connectivity index (χ0n) is 16.8. The summed E-state index contributed by atoms with van der Waals surface area (Å²) in [5.41, 5.74) is 0.390. The van der Waals surface area contributed by atoms with Gasteiger partial charge in [0, 0.05) is 5.56 Å². The molecule has 5 aliphatic rings. The number of benzene rings is 1. The predicted octanol–water partition coefficient (Wildman–Crippen LogP) is 4.21. The number of hydrogen-bond acceptors (Lipinski definition) is 5. The van der Waals surface area contributed by atoms with Gasteiger partial charge in [-0.3, -0.25) is 14.4 Å². The standard InChI is InChI=1S/C24H18Cl2N2O4/c25-17-5-1-11(7-18(17)26)19(29)10-32-12-2-6-20(27-9-12)28-23(30)21-13-3-4-14(16-8-15(13)16)22(21)24(28)31/h1-7,9,13-16,21-22H,8,10H2/t13-,14?,15?,16?,21?,22?/m1/s1. The van der Waals surface area contributed by atoms with Crippen LogP contribution >= 0.6 is 23.2 Å². The minimum atomic E-state index is -0.261. The van der Waals surface area contributed by atoms with Crippen molar-refractivity contribution in [3.05, 3.63) is 64.3 Å². The fourth-order valence-corrected chi connectivity index (χ4v) is 5.97. The Labute approximate surface area is 194 Å². The van der Waals surface area contributed by atoms with Gasteiger partial charge in [-0.1, -0.05) is 35.4 Å². The van der Waals surface area contributed by atoms with Crippen LogP contribution in [0.3, 0.4) is 0 Å². The van der Waals surface area contributed by atoms with E-state index in [0.717, 1.165) is 6.42 Å². The second-order valence-corrected chi connectivity index (χ2v) is 9.67. The predicted molar refractivity (Wildman–Crippen MR) is 118 cm³/mol. The Morgan fingerprint density at radius 3 is 2.28 bits per heavy atom. The number of rotatable bonds is 5. The van der Waals surface area contributed by atoms with Gasteiger partial charge in [-0.25, -0.2) is 9.88 Å². The normalized spacial score (nSPS) is 31.5. The third-order valence-corrected chi connectivity index (χ3v) is 7.96. The molecule has 4 aliphatic carbocycles. The Bertz CT molecular complexity index is 1160. The fraction of sp³-hybridized carbons (Fsp3) is 0.333. The molecule has 0 N–H and O–H groups in total. The molecule has 1 saturated heterocycles. The topological polar surface area (TPSA) is 76.6 Å². The molecular weight excluding hydrogens is 451 g/mol. The molecule has 6 atom stereocenters. The Morgan fingerprint density at radius 1 is 1.00 bits per heavy atom. The summed E-state index contributed by atoms with van der Waals surface area (Å²) in [5, 5.41) is 0.667. The summed E-state index contributed by atoms with van der Waals surface area (Å²) in [4.78, 5) is 44.1. The first-order valence-electron chi connectivity index (χ1n) is 10.6. The van der Waals surface area contributed by atoms with Crippen molar-refractivity contribution in [1.29, 1.82) is 0 Å². The number of hydrogen-bond donors (Lipinski definition) is 0. The van der Waals surface area contributed by atoms with E-state index in [-0.39, 0.29) is 47.9 Å². The monoisotopic (exact) mass is 468 g/mol. The molecule has 32 heavy (non-hydrogen) atoms. The number of halogens is 2. The molecule has 5 unspecified atom stereocenters. The summed E-state index contributed by atoms with van der Waals surface area (Å²) in [6, 6.07) is 7.82. The summed E-state index contributed by atoms with van der Waals surface area (Å²) < 4.78 is 5.54. The Hall–Kier alpha value is -2.70. The van der Waals surface area contributed by atoms with Crippen molar-refractivity contribution in [3.8, 4) is 5.75 Å². The second kappa shape index (κ2) is 7.15. The number of nitrogens with zero attached hydrogens (tertiary/aromatic N) is 2. The number of ketones is 1. The van der Waals surface area contributed by atoms with Gasteiger partial charge >= 0.3 is 0 Å². The zero-order chi connectivity index (χ0) is 22.1. The van der Waals surface area contributed by atoms with Gasteiger partial charge in [-0.05, 0) is 60.4 Å². The lowest BCUT2D eigenvalue weighted by molar-refractivity contribution is -0.124. The molecule has 0 spiro atoms. The largest absolute Gasteiger partial charge is 0.484 e. The SMILES string of the molecule is O=C(COc1ccc(N2C(=O)C3C4C=C[C@H](C5CC45)C3C2=O)nc1)c1ccc(Cl)c(Cl)c1. The Kier molecular flexibility index (Phi) is 4.46. The number of aromatic nitrogens is 1. The minimum absolute atomic E-state index is 0.152. The van der Waals surface area contributed by atoms with Crippen LogP contribution in [0.1, 0.15) is 16.8 Å². The maximum Gasteiger partial charge on any atom is 0.239 e. The van der Waals surface area contributed by atoms with E-state index in [4.69, 9.17) is 27.9 Å². The summed E-state index contributed by atoms with van der Waals surface area (Å²) in [6.45, 7) is -0.206. The van der Waals surface area contributed by atoms with Crippen LogP contribution in [-0.2, 0) is 9.59 Å². The Balaban J connectivity index is 1.15. The van der Waals surface area contributed by atoms with Crippen molar-refractivity contribution >= 4 is 46.6 Å². The second-order valence-electron chi connectivity index (χ2n) is 8.86. The van der Waals surface area contributed by atoms with E-state index in [9.17, 15) is 14.4 Å². The van der Waals surface area contributed by atoms with Crippen LogP contribution in [0.4, 0.5) is 5.82 Å². The number of allylic oxidation sites excluding steroid dienone is 2. The average molecular weight is 469 g/mol. The van der Waals surface area contributed by atoms with Gasteiger partial charge in [0.1, 0.15) is 11.6 Å². The van der Waals surface area contributed by atoms with Crippen molar-refractivity contribution in [2.45, 2.75) is 6.42 Å². The highest BCUT2D eigenvalue weighted by atomic mass is 35.5. The molecule has 2 bridgehead atoms. The number of amides is 2. The number of anilines is 1. The summed E-state index contributed by atoms with van der Waals surface area (Å²) >= 11 is 11.8. The van der Waals surface area contributed by atoms with Gasteiger partial charge < -0.3 is 4.74 Å². The third-order valence-electron chi connectivity index (χ3n) is 7.22. The first-order chi connectivity index (χ1) is 15.4. The van der Waals surface area contributed by atoms with Crippen LogP contribution in [0.5, 0.6) is 5.75 Å². The van der Waals surface area contributed by atoms with Crippen molar-refractivity contribution in [3.63, 3.8) is 0 Å². The van der Waals surface area contributed by atoms with Gasteiger partial charge in [0.05, 0.1) is 28.1 Å². The van der Waals surface area contributed by atoms with E-state index >= 15 is 0 Å². The van der Waals surface area contributed by atoms with Crippen molar-refractivity contribution < 1.29 is 19.1 Å². The van der Waals surface area contributed by atoms with Crippen LogP contribution in [0, 0.1) is 35.5 Å². The molecule has 6 nitrogen and oxygen atoms in total. The molecule has 162 valence electrons. The number of pyridine rings is 1. The lowest BCUT2D eigenvalue weighted by Gasteiger charge is -2.37. The number of ether oxygens (including phenoxy) is 1. The fourth-order valence-electron chi connectivity index (χ4n) is 5.67. The van der Waals surface area contributed by atoms with Gasteiger partial charge in [0.25, 0.3) is 0 Å². The molecule has 3 fully saturated rings. The zero-order valence-corrected chi connectivity index (χ0v) is 18.3. The Morgan fingerprint density at radius 2 is 1.69 bits per heavy atom. The molecule has 1 aromatic carbocycles. The highest BCUT2D eigenvalue weighted by Crippen LogP contribution is 2.65. The molecule has 2 heterocycles. The van der Waals surface area contributed by atoms with Crippen molar-refractivity contribution in [2.24, 2.45) is 35.5 Å². The molecular formula is C24H18Cl2N2O4. The van der Waals surface area contributed by atoms with Gasteiger partial charge in [-0.2, -0.15) is 0 Å². The van der Waals surface area contributed by atoms with E-state index in [2.05, 4.69) is 17.1 Å². The van der Waals surface area contributed by atoms with E-state index < -0.39 is 0 Å². The molecule has 8 heteroatoms. The molecule has 1 aromatic heterocycles. The van der Waals surface area contributed by atoms with Crippen LogP contribution < -0.4 is 9.64 Å². The number of carbonyl (C=O) groups excluding carboxylic acids is 3. The van der Waals surface area contributed by atoms with Crippen LogP contribution in [0.25, 0.3) is 0 Å². The van der Waals surface area contributed by atoms with Crippen LogP contribution in [-0.4, -0.2) is 29.2 Å². The first-order valence-corrected chi connectivity index (χ1v) is 11.3. The summed E-state index contributed by atoms with van der Waals surface area (Å²) in [7, 11) is 0. The van der Waals surface area contributed by atoms with E-state index in [1.54, 1.807) is 24.3 Å². The summed E-state index contributed by atoms with van der Waals surface area (Å²) in [5.74, 6) is 1.03. The quantitative estimate of drug-likeness (QED) is 0.373. The molecule has 2 aromatic rings. The number of Topliss-reactive ketones (excluding diaryl/α,β-unsaturated/α-hetero) is 1. The molecule has 0 radical (unpaired) electrons.